The van der Waals surface area contributed by atoms with Crippen LogP contribution in [-0.4, -0.2) is 11.7 Å². The van der Waals surface area contributed by atoms with Gasteiger partial charge in [0.25, 0.3) is 0 Å². The fourth-order valence-corrected chi connectivity index (χ4v) is 0.846. The van der Waals surface area contributed by atoms with Crippen LogP contribution in [0.1, 0.15) is 12.0 Å². The van der Waals surface area contributed by atoms with Crippen molar-refractivity contribution in [2.75, 3.05) is 6.61 Å². The monoisotopic (exact) mass is 182 g/mol. The lowest BCUT2D eigenvalue weighted by molar-refractivity contribution is 0.305. The predicted octanol–water partition coefficient (Wildman–Crippen LogP) is 1.70. The number of halogens is 2. The van der Waals surface area contributed by atoms with Crippen molar-refractivity contribution in [2.24, 2.45) is 0 Å². The van der Waals surface area contributed by atoms with E-state index in [1.807, 2.05) is 0 Å². The summed E-state index contributed by atoms with van der Waals surface area (Å²) in [5, 5.41) is 8.40. The van der Waals surface area contributed by atoms with Crippen LogP contribution in [0, 0.1) is 23.5 Å². The average Bonchev–Trinajstić information content (AvgIpc) is 2.03. The Morgan fingerprint density at radius 2 is 1.77 bits per heavy atom. The van der Waals surface area contributed by atoms with Gasteiger partial charge in [0.1, 0.15) is 11.6 Å². The molecular weight excluding hydrogens is 174 g/mol. The van der Waals surface area contributed by atoms with Crippen molar-refractivity contribution in [1.82, 2.24) is 0 Å². The van der Waals surface area contributed by atoms with E-state index in [9.17, 15) is 8.78 Å². The summed E-state index contributed by atoms with van der Waals surface area (Å²) >= 11 is 0. The van der Waals surface area contributed by atoms with Crippen LogP contribution in [-0.2, 0) is 0 Å². The molecule has 1 rings (SSSR count). The second kappa shape index (κ2) is 4.58. The molecule has 13 heavy (non-hydrogen) atoms. The third-order valence-electron chi connectivity index (χ3n) is 1.33. The molecule has 1 aromatic rings. The maximum atomic E-state index is 12.6. The molecule has 0 amide bonds. The molecule has 0 fully saturated rings. The molecule has 1 N–H and O–H groups in total. The van der Waals surface area contributed by atoms with Crippen molar-refractivity contribution in [3.63, 3.8) is 0 Å². The van der Waals surface area contributed by atoms with Crippen LogP contribution < -0.4 is 0 Å². The van der Waals surface area contributed by atoms with Gasteiger partial charge in [-0.25, -0.2) is 8.78 Å². The zero-order valence-corrected chi connectivity index (χ0v) is 6.85. The van der Waals surface area contributed by atoms with Crippen LogP contribution in [0.25, 0.3) is 0 Å². The number of rotatable bonds is 1. The summed E-state index contributed by atoms with van der Waals surface area (Å²) in [6.07, 6.45) is 0.304. The zero-order chi connectivity index (χ0) is 9.68. The van der Waals surface area contributed by atoms with E-state index in [1.54, 1.807) is 0 Å². The second-order valence-electron chi connectivity index (χ2n) is 2.43. The SMILES string of the molecule is OCCC#Cc1cc(F)cc(F)c1. The highest BCUT2D eigenvalue weighted by Gasteiger charge is 1.96. The first-order valence-corrected chi connectivity index (χ1v) is 3.78. The van der Waals surface area contributed by atoms with Gasteiger partial charge in [0, 0.05) is 18.1 Å². The normalized spacial score (nSPS) is 9.15. The van der Waals surface area contributed by atoms with Crippen molar-refractivity contribution in [2.45, 2.75) is 6.42 Å². The van der Waals surface area contributed by atoms with Crippen molar-refractivity contribution in [3.05, 3.63) is 35.4 Å². The fraction of sp³-hybridized carbons (Fsp3) is 0.200. The minimum absolute atomic E-state index is 0.0508. The molecule has 0 saturated heterocycles. The number of hydrogen-bond acceptors (Lipinski definition) is 1. The first kappa shape index (κ1) is 9.69. The molecule has 0 unspecified atom stereocenters. The Hall–Kier alpha value is -1.40. The predicted molar refractivity (Wildman–Crippen MR) is 44.9 cm³/mol. The maximum absolute atomic E-state index is 12.6. The molecule has 68 valence electrons. The van der Waals surface area contributed by atoms with Gasteiger partial charge in [-0.1, -0.05) is 11.8 Å². The lowest BCUT2D eigenvalue weighted by atomic mass is 10.2. The van der Waals surface area contributed by atoms with Gasteiger partial charge in [0.2, 0.25) is 0 Å². The lowest BCUT2D eigenvalue weighted by Gasteiger charge is -1.92. The smallest absolute Gasteiger partial charge is 0.127 e. The Morgan fingerprint density at radius 1 is 1.15 bits per heavy atom. The maximum Gasteiger partial charge on any atom is 0.127 e. The van der Waals surface area contributed by atoms with E-state index in [1.165, 1.54) is 0 Å². The van der Waals surface area contributed by atoms with Crippen molar-refractivity contribution < 1.29 is 13.9 Å². The van der Waals surface area contributed by atoms with E-state index in [2.05, 4.69) is 11.8 Å². The van der Waals surface area contributed by atoms with Crippen LogP contribution in [0.4, 0.5) is 8.78 Å². The topological polar surface area (TPSA) is 20.2 Å². The molecule has 0 heterocycles. The van der Waals surface area contributed by atoms with Gasteiger partial charge in [0.15, 0.2) is 0 Å². The third kappa shape index (κ3) is 3.22. The summed E-state index contributed by atoms with van der Waals surface area (Å²) in [5.74, 6) is 3.82. The minimum Gasteiger partial charge on any atom is -0.395 e. The Morgan fingerprint density at radius 3 is 2.31 bits per heavy atom. The Bertz CT molecular complexity index is 329. The molecule has 0 bridgehead atoms. The van der Waals surface area contributed by atoms with Crippen LogP contribution in [0.15, 0.2) is 18.2 Å². The van der Waals surface area contributed by atoms with Crippen LogP contribution >= 0.6 is 0 Å². The van der Waals surface area contributed by atoms with Crippen LogP contribution in [0.3, 0.4) is 0 Å². The summed E-state index contributed by atoms with van der Waals surface area (Å²) in [4.78, 5) is 0. The highest BCUT2D eigenvalue weighted by atomic mass is 19.1. The minimum atomic E-state index is -0.645. The van der Waals surface area contributed by atoms with E-state index in [0.717, 1.165) is 18.2 Å². The molecule has 0 saturated carbocycles. The third-order valence-corrected chi connectivity index (χ3v) is 1.33. The van der Waals surface area contributed by atoms with Gasteiger partial charge < -0.3 is 5.11 Å². The molecular formula is C10H8F2O. The summed E-state index contributed by atoms with van der Waals surface area (Å²) in [5.41, 5.74) is 0.283. The summed E-state index contributed by atoms with van der Waals surface area (Å²) in [6, 6.07) is 3.08. The number of hydrogen-bond donors (Lipinski definition) is 1. The van der Waals surface area contributed by atoms with Gasteiger partial charge in [-0.15, -0.1) is 0 Å². The molecule has 0 aliphatic carbocycles. The molecule has 1 nitrogen and oxygen atoms in total. The van der Waals surface area contributed by atoms with Gasteiger partial charge in [-0.3, -0.25) is 0 Å². The molecule has 0 atom stereocenters. The number of benzene rings is 1. The van der Waals surface area contributed by atoms with E-state index in [4.69, 9.17) is 5.11 Å². The zero-order valence-electron chi connectivity index (χ0n) is 6.85. The van der Waals surface area contributed by atoms with Gasteiger partial charge in [-0.2, -0.15) is 0 Å². The van der Waals surface area contributed by atoms with Crippen molar-refractivity contribution in [1.29, 1.82) is 0 Å². The Balaban J connectivity index is 2.85. The largest absolute Gasteiger partial charge is 0.395 e. The summed E-state index contributed by atoms with van der Waals surface area (Å²) in [6.45, 7) is -0.0508. The molecule has 0 aliphatic rings. The van der Waals surface area contributed by atoms with Crippen LogP contribution in [0.2, 0.25) is 0 Å². The summed E-state index contributed by atoms with van der Waals surface area (Å²) in [7, 11) is 0. The fourth-order valence-electron chi connectivity index (χ4n) is 0.846. The highest BCUT2D eigenvalue weighted by molar-refractivity contribution is 5.34. The lowest BCUT2D eigenvalue weighted by Crippen LogP contribution is -1.83. The van der Waals surface area contributed by atoms with E-state index in [-0.39, 0.29) is 12.2 Å². The van der Waals surface area contributed by atoms with E-state index >= 15 is 0 Å². The van der Waals surface area contributed by atoms with E-state index in [0.29, 0.717) is 6.42 Å². The average molecular weight is 182 g/mol. The second-order valence-corrected chi connectivity index (χ2v) is 2.43. The molecule has 0 spiro atoms. The molecule has 0 radical (unpaired) electrons. The molecule has 3 heteroatoms. The number of aliphatic hydroxyl groups is 1. The van der Waals surface area contributed by atoms with Crippen molar-refractivity contribution in [3.8, 4) is 11.8 Å². The molecule has 1 aromatic carbocycles. The van der Waals surface area contributed by atoms with Crippen molar-refractivity contribution >= 4 is 0 Å². The van der Waals surface area contributed by atoms with Gasteiger partial charge in [-0.05, 0) is 12.1 Å². The highest BCUT2D eigenvalue weighted by Crippen LogP contribution is 2.06. The number of aliphatic hydroxyl groups excluding tert-OH is 1. The first-order valence-electron chi connectivity index (χ1n) is 3.78. The van der Waals surface area contributed by atoms with Gasteiger partial charge >= 0.3 is 0 Å². The Labute approximate surface area is 75.0 Å². The van der Waals surface area contributed by atoms with Crippen LogP contribution in [0.5, 0.6) is 0 Å². The Kier molecular flexibility index (Phi) is 3.41. The standard InChI is InChI=1S/C10H8F2O/c11-9-5-8(3-1-2-4-13)6-10(12)7-9/h5-7,13H,2,4H2. The first-order chi connectivity index (χ1) is 6.22. The molecule has 0 aromatic heterocycles. The van der Waals surface area contributed by atoms with Gasteiger partial charge in [0.05, 0.1) is 6.61 Å². The quantitative estimate of drug-likeness (QED) is 0.655. The molecule has 0 aliphatic heterocycles. The summed E-state index contributed by atoms with van der Waals surface area (Å²) < 4.78 is 25.2. The van der Waals surface area contributed by atoms with E-state index < -0.39 is 11.6 Å².